The first-order valence-electron chi connectivity index (χ1n) is 2.79. The van der Waals surface area contributed by atoms with Gasteiger partial charge < -0.3 is 10.4 Å². The van der Waals surface area contributed by atoms with Crippen molar-refractivity contribution in [2.24, 2.45) is 0 Å². The maximum Gasteiger partial charge on any atom is 0.0792 e. The number of aliphatic hydroxyl groups excluding tert-OH is 1. The molecule has 0 radical (unpaired) electrons. The van der Waals surface area contributed by atoms with Crippen LogP contribution >= 0.6 is 12.2 Å². The summed E-state index contributed by atoms with van der Waals surface area (Å²) in [7, 11) is 0. The Kier molecular flexibility index (Phi) is 5.46. The third-order valence-corrected chi connectivity index (χ3v) is 1.07. The Hall–Kier alpha value is -0.410. The standard InChI is InChI=1S/C6H11NOS/c1-2-3-6(9)7-4-5-8/h2,8H,1,3-5H2,(H,7,9). The van der Waals surface area contributed by atoms with Crippen LogP contribution < -0.4 is 5.32 Å². The first kappa shape index (κ1) is 8.59. The van der Waals surface area contributed by atoms with Gasteiger partial charge >= 0.3 is 0 Å². The van der Waals surface area contributed by atoms with Crippen molar-refractivity contribution in [3.8, 4) is 0 Å². The number of thiocarbonyl (C=S) groups is 1. The van der Waals surface area contributed by atoms with Crippen LogP contribution in [0.15, 0.2) is 12.7 Å². The van der Waals surface area contributed by atoms with Gasteiger partial charge in [0.15, 0.2) is 0 Å². The fourth-order valence-electron chi connectivity index (χ4n) is 0.399. The summed E-state index contributed by atoms with van der Waals surface area (Å²) in [5.74, 6) is 0. The normalized spacial score (nSPS) is 8.56. The Balaban J connectivity index is 3.16. The summed E-state index contributed by atoms with van der Waals surface area (Å²) in [6.45, 7) is 4.18. The average Bonchev–Trinajstić information content (AvgIpc) is 1.85. The third-order valence-electron chi connectivity index (χ3n) is 0.764. The zero-order valence-electron chi connectivity index (χ0n) is 5.26. The van der Waals surface area contributed by atoms with E-state index in [0.29, 0.717) is 13.0 Å². The fraction of sp³-hybridized carbons (Fsp3) is 0.500. The van der Waals surface area contributed by atoms with Crippen molar-refractivity contribution in [2.75, 3.05) is 13.2 Å². The van der Waals surface area contributed by atoms with Gasteiger partial charge in [-0.05, 0) is 0 Å². The van der Waals surface area contributed by atoms with Crippen molar-refractivity contribution < 1.29 is 5.11 Å². The van der Waals surface area contributed by atoms with Gasteiger partial charge in [0.2, 0.25) is 0 Å². The molecule has 0 aliphatic rings. The van der Waals surface area contributed by atoms with Crippen molar-refractivity contribution in [2.45, 2.75) is 6.42 Å². The Morgan fingerprint density at radius 3 is 2.89 bits per heavy atom. The molecule has 0 atom stereocenters. The average molecular weight is 145 g/mol. The lowest BCUT2D eigenvalue weighted by Gasteiger charge is -2.01. The molecule has 2 N–H and O–H groups in total. The fourth-order valence-corrected chi connectivity index (χ4v) is 0.618. The molecule has 0 aliphatic carbocycles. The molecule has 0 amide bonds. The van der Waals surface area contributed by atoms with Crippen LogP contribution in [0.2, 0.25) is 0 Å². The first-order valence-corrected chi connectivity index (χ1v) is 3.20. The summed E-state index contributed by atoms with van der Waals surface area (Å²) in [5.41, 5.74) is 0. The molecule has 0 aliphatic heterocycles. The van der Waals surface area contributed by atoms with E-state index >= 15 is 0 Å². The predicted octanol–water partition coefficient (Wildman–Crippen LogP) is 0.472. The van der Waals surface area contributed by atoms with Crippen LogP contribution in [0.4, 0.5) is 0 Å². The Bertz CT molecular complexity index is 103. The molecule has 52 valence electrons. The summed E-state index contributed by atoms with van der Waals surface area (Å²) in [6.07, 6.45) is 2.42. The molecule has 3 heteroatoms. The lowest BCUT2D eigenvalue weighted by molar-refractivity contribution is 0.300. The van der Waals surface area contributed by atoms with E-state index < -0.39 is 0 Å². The molecule has 0 bridgehead atoms. The molecule has 0 rings (SSSR count). The highest BCUT2D eigenvalue weighted by molar-refractivity contribution is 7.80. The Morgan fingerprint density at radius 1 is 1.78 bits per heavy atom. The predicted molar refractivity (Wildman–Crippen MR) is 42.5 cm³/mol. The van der Waals surface area contributed by atoms with E-state index in [1.165, 1.54) is 0 Å². The van der Waals surface area contributed by atoms with Crippen LogP contribution in [0.3, 0.4) is 0 Å². The summed E-state index contributed by atoms with van der Waals surface area (Å²) in [5, 5.41) is 11.2. The Labute approximate surface area is 60.6 Å². The van der Waals surface area contributed by atoms with Gasteiger partial charge in [0.05, 0.1) is 11.6 Å². The molecule has 2 nitrogen and oxygen atoms in total. The quantitative estimate of drug-likeness (QED) is 0.445. The number of nitrogens with one attached hydrogen (secondary N) is 1. The van der Waals surface area contributed by atoms with Crippen LogP contribution in [0.25, 0.3) is 0 Å². The zero-order chi connectivity index (χ0) is 7.11. The second-order valence-electron chi connectivity index (χ2n) is 1.57. The minimum Gasteiger partial charge on any atom is -0.395 e. The van der Waals surface area contributed by atoms with Crippen molar-refractivity contribution in [1.82, 2.24) is 5.32 Å². The van der Waals surface area contributed by atoms with Crippen LogP contribution in [-0.2, 0) is 0 Å². The second kappa shape index (κ2) is 5.72. The molecule has 0 aromatic rings. The maximum absolute atomic E-state index is 8.34. The van der Waals surface area contributed by atoms with Crippen molar-refractivity contribution in [3.05, 3.63) is 12.7 Å². The van der Waals surface area contributed by atoms with Crippen molar-refractivity contribution >= 4 is 17.2 Å². The first-order chi connectivity index (χ1) is 4.31. The zero-order valence-corrected chi connectivity index (χ0v) is 6.08. The second-order valence-corrected chi connectivity index (χ2v) is 2.06. The summed E-state index contributed by atoms with van der Waals surface area (Å²) in [4.78, 5) is 0.735. The minimum atomic E-state index is 0.122. The van der Waals surface area contributed by atoms with Gasteiger partial charge in [0.25, 0.3) is 0 Å². The van der Waals surface area contributed by atoms with Gasteiger partial charge in [-0.2, -0.15) is 0 Å². The summed E-state index contributed by atoms with van der Waals surface area (Å²) >= 11 is 4.83. The number of aliphatic hydroxyl groups is 1. The number of hydrogen-bond donors (Lipinski definition) is 2. The molecular weight excluding hydrogens is 134 g/mol. The van der Waals surface area contributed by atoms with E-state index in [9.17, 15) is 0 Å². The highest BCUT2D eigenvalue weighted by Gasteiger charge is 1.88. The largest absolute Gasteiger partial charge is 0.395 e. The molecule has 0 saturated carbocycles. The van der Waals surface area contributed by atoms with Gasteiger partial charge in [-0.1, -0.05) is 18.3 Å². The van der Waals surface area contributed by atoms with E-state index in [1.54, 1.807) is 6.08 Å². The molecule has 0 aromatic carbocycles. The third kappa shape index (κ3) is 5.46. The molecule has 0 saturated heterocycles. The number of rotatable bonds is 4. The van der Waals surface area contributed by atoms with Gasteiger partial charge in [-0.3, -0.25) is 0 Å². The smallest absolute Gasteiger partial charge is 0.0792 e. The van der Waals surface area contributed by atoms with Crippen LogP contribution in [0.5, 0.6) is 0 Å². The van der Waals surface area contributed by atoms with Crippen molar-refractivity contribution in [3.63, 3.8) is 0 Å². The van der Waals surface area contributed by atoms with E-state index in [1.807, 2.05) is 0 Å². The molecular formula is C6H11NOS. The Morgan fingerprint density at radius 2 is 2.44 bits per heavy atom. The van der Waals surface area contributed by atoms with Crippen LogP contribution in [0, 0.1) is 0 Å². The van der Waals surface area contributed by atoms with Crippen LogP contribution in [0.1, 0.15) is 6.42 Å². The van der Waals surface area contributed by atoms with Gasteiger partial charge in [-0.25, -0.2) is 0 Å². The summed E-state index contributed by atoms with van der Waals surface area (Å²) < 4.78 is 0. The van der Waals surface area contributed by atoms with Gasteiger partial charge in [0.1, 0.15) is 0 Å². The molecule has 0 fully saturated rings. The van der Waals surface area contributed by atoms with Gasteiger partial charge in [0, 0.05) is 13.0 Å². The highest BCUT2D eigenvalue weighted by Crippen LogP contribution is 1.81. The molecule has 0 unspecified atom stereocenters. The van der Waals surface area contributed by atoms with Crippen LogP contribution in [-0.4, -0.2) is 23.2 Å². The molecule has 0 spiro atoms. The summed E-state index contributed by atoms with van der Waals surface area (Å²) in [6, 6.07) is 0. The van der Waals surface area contributed by atoms with E-state index in [4.69, 9.17) is 17.3 Å². The maximum atomic E-state index is 8.34. The minimum absolute atomic E-state index is 0.122. The van der Waals surface area contributed by atoms with Gasteiger partial charge in [-0.15, -0.1) is 6.58 Å². The lowest BCUT2D eigenvalue weighted by atomic mass is 10.4. The molecule has 9 heavy (non-hydrogen) atoms. The highest BCUT2D eigenvalue weighted by atomic mass is 32.1. The van der Waals surface area contributed by atoms with E-state index in [-0.39, 0.29) is 6.61 Å². The molecule has 0 aromatic heterocycles. The van der Waals surface area contributed by atoms with Crippen molar-refractivity contribution in [1.29, 1.82) is 0 Å². The number of hydrogen-bond acceptors (Lipinski definition) is 2. The lowest BCUT2D eigenvalue weighted by Crippen LogP contribution is -2.23. The van der Waals surface area contributed by atoms with E-state index in [0.717, 1.165) is 4.99 Å². The molecule has 0 heterocycles. The van der Waals surface area contributed by atoms with E-state index in [2.05, 4.69) is 11.9 Å². The monoisotopic (exact) mass is 145 g/mol. The SMILES string of the molecule is C=CCC(=S)NCCO. The topological polar surface area (TPSA) is 32.3 Å².